The molecule has 0 heterocycles. The van der Waals surface area contributed by atoms with Gasteiger partial charge in [-0.3, -0.25) is 0 Å². The third-order valence-corrected chi connectivity index (χ3v) is 3.35. The summed E-state index contributed by atoms with van der Waals surface area (Å²) in [7, 11) is 0. The third-order valence-electron chi connectivity index (χ3n) is 3.35. The van der Waals surface area contributed by atoms with Gasteiger partial charge in [0.1, 0.15) is 0 Å². The minimum absolute atomic E-state index is 0. The number of hydrogen-bond donors (Lipinski definition) is 2. The molecule has 6 heteroatoms. The Bertz CT molecular complexity index is 425. The monoisotopic (exact) mass is 473 g/mol. The quantitative estimate of drug-likeness (QED) is 0.637. The van der Waals surface area contributed by atoms with Crippen LogP contribution in [0.25, 0.3) is 0 Å². The second-order valence-corrected chi connectivity index (χ2v) is 5.04. The van der Waals surface area contributed by atoms with Gasteiger partial charge in [0.15, 0.2) is 0 Å². The summed E-state index contributed by atoms with van der Waals surface area (Å²) in [5.74, 6) is -0.973. The van der Waals surface area contributed by atoms with Gasteiger partial charge in [0.05, 0.1) is 0 Å². The van der Waals surface area contributed by atoms with Gasteiger partial charge >= 0.3 is 21.1 Å². The zero-order valence-electron chi connectivity index (χ0n) is 12.1. The fraction of sp³-hybridized carbons (Fsp3) is 0.533. The molecule has 1 aromatic carbocycles. The minimum Gasteiger partial charge on any atom is -0.872 e. The Morgan fingerprint density at radius 3 is 2.48 bits per heavy atom. The van der Waals surface area contributed by atoms with E-state index in [1.807, 2.05) is 12.1 Å². The topological polar surface area (TPSA) is 101 Å². The Balaban J connectivity index is 0.000000715. The molecule has 1 aromatic rings. The molecule has 5 nitrogen and oxygen atoms in total. The average Bonchev–Trinajstić information content (AvgIpc) is 2.39. The van der Waals surface area contributed by atoms with Gasteiger partial charge in [-0.2, -0.15) is 0 Å². The molecular weight excluding hydrogens is 451 g/mol. The Kier molecular flexibility index (Phi) is 10.3. The van der Waals surface area contributed by atoms with Crippen molar-refractivity contribution >= 4 is 5.97 Å². The van der Waals surface area contributed by atoms with E-state index in [0.717, 1.165) is 25.3 Å². The number of nitrogens with one attached hydrogen (secondary N) is 1. The van der Waals surface area contributed by atoms with E-state index >= 15 is 0 Å². The Labute approximate surface area is 140 Å². The van der Waals surface area contributed by atoms with Crippen molar-refractivity contribution < 1.29 is 36.1 Å². The molecule has 0 saturated heterocycles. The normalized spacial score (nSPS) is 20.7. The molecular formula is C15H22N2O3Pt. The number of carbonyl (C=O) groups is 1. The van der Waals surface area contributed by atoms with E-state index in [1.54, 1.807) is 12.1 Å². The summed E-state index contributed by atoms with van der Waals surface area (Å²) in [5.41, 5.74) is 6.87. The first-order chi connectivity index (χ1) is 9.50. The van der Waals surface area contributed by atoms with Crippen LogP contribution in [0.15, 0.2) is 24.3 Å². The van der Waals surface area contributed by atoms with Crippen LogP contribution in [-0.4, -0.2) is 18.1 Å². The number of rotatable bonds is 3. The molecule has 0 unspecified atom stereocenters. The maximum atomic E-state index is 11.5. The SMILES string of the molecule is CC(=O)[O-].N[C@@H]1CCCC[C@H]1NCc1ccccc1[O-].[Pt+2]. The standard InChI is InChI=1S/C13H20N2O.C2H4O2.Pt/c14-11-6-2-3-7-12(11)15-9-10-5-1-4-8-13(10)16;1-2(3)4;/h1,4-5,8,11-12,15-16H,2-3,6-7,9,14H2;1H3,(H,3,4);/q;;+2/p-2/t11-,12-;;/m1../s1. The van der Waals surface area contributed by atoms with Crippen molar-refractivity contribution in [2.24, 2.45) is 5.73 Å². The number of nitrogens with two attached hydrogens (primary N) is 1. The molecule has 0 aliphatic heterocycles. The molecule has 1 aliphatic carbocycles. The molecule has 0 bridgehead atoms. The van der Waals surface area contributed by atoms with E-state index in [0.29, 0.717) is 12.6 Å². The smallest absolute Gasteiger partial charge is 0.872 e. The van der Waals surface area contributed by atoms with Crippen molar-refractivity contribution in [1.29, 1.82) is 0 Å². The molecule has 0 aromatic heterocycles. The van der Waals surface area contributed by atoms with Gasteiger partial charge in [0.2, 0.25) is 0 Å². The fourth-order valence-electron chi connectivity index (χ4n) is 2.30. The van der Waals surface area contributed by atoms with Crippen molar-refractivity contribution in [3.8, 4) is 5.75 Å². The Morgan fingerprint density at radius 1 is 1.33 bits per heavy atom. The first-order valence-electron chi connectivity index (χ1n) is 6.92. The summed E-state index contributed by atoms with van der Waals surface area (Å²) in [5, 5.41) is 23.8. The second kappa shape index (κ2) is 10.8. The van der Waals surface area contributed by atoms with Crippen molar-refractivity contribution in [3.63, 3.8) is 0 Å². The van der Waals surface area contributed by atoms with Crippen LogP contribution in [0.1, 0.15) is 38.2 Å². The zero-order chi connectivity index (χ0) is 15.0. The van der Waals surface area contributed by atoms with Crippen LogP contribution in [0.5, 0.6) is 5.75 Å². The van der Waals surface area contributed by atoms with E-state index in [1.165, 1.54) is 12.8 Å². The first kappa shape index (κ1) is 20.1. The summed E-state index contributed by atoms with van der Waals surface area (Å²) in [4.78, 5) is 8.89. The first-order valence-corrected chi connectivity index (χ1v) is 6.92. The molecule has 2 atom stereocenters. The van der Waals surface area contributed by atoms with Gasteiger partial charge in [-0.05, 0) is 25.3 Å². The fourth-order valence-corrected chi connectivity index (χ4v) is 2.30. The molecule has 0 radical (unpaired) electrons. The second-order valence-electron chi connectivity index (χ2n) is 5.04. The molecule has 120 valence electrons. The van der Waals surface area contributed by atoms with E-state index < -0.39 is 5.97 Å². The summed E-state index contributed by atoms with van der Waals surface area (Å²) >= 11 is 0. The van der Waals surface area contributed by atoms with Crippen molar-refractivity contribution in [1.82, 2.24) is 5.32 Å². The van der Waals surface area contributed by atoms with E-state index in [4.69, 9.17) is 15.6 Å². The van der Waals surface area contributed by atoms with Crippen LogP contribution in [0, 0.1) is 0 Å². The Hall–Kier alpha value is -0.902. The van der Waals surface area contributed by atoms with Gasteiger partial charge in [-0.15, -0.1) is 5.75 Å². The number of hydrogen-bond acceptors (Lipinski definition) is 5. The zero-order valence-corrected chi connectivity index (χ0v) is 14.4. The Morgan fingerprint density at radius 2 is 1.90 bits per heavy atom. The van der Waals surface area contributed by atoms with Crippen LogP contribution >= 0.6 is 0 Å². The van der Waals surface area contributed by atoms with Gasteiger partial charge in [0.25, 0.3) is 0 Å². The summed E-state index contributed by atoms with van der Waals surface area (Å²) in [6.07, 6.45) is 4.70. The van der Waals surface area contributed by atoms with Crippen LogP contribution < -0.4 is 21.3 Å². The number of aliphatic carboxylic acids is 1. The van der Waals surface area contributed by atoms with Crippen molar-refractivity contribution in [3.05, 3.63) is 29.8 Å². The molecule has 0 amide bonds. The summed E-state index contributed by atoms with van der Waals surface area (Å²) in [6.45, 7) is 1.61. The van der Waals surface area contributed by atoms with Crippen molar-refractivity contribution in [2.75, 3.05) is 0 Å². The van der Waals surface area contributed by atoms with Gasteiger partial charge in [-0.1, -0.05) is 37.1 Å². The number of para-hydroxylation sites is 1. The largest absolute Gasteiger partial charge is 2.00 e. The van der Waals surface area contributed by atoms with Crippen LogP contribution in [0.4, 0.5) is 0 Å². The van der Waals surface area contributed by atoms with Crippen LogP contribution in [-0.2, 0) is 32.4 Å². The molecule has 0 spiro atoms. The predicted octanol–water partition coefficient (Wildman–Crippen LogP) is -0.127. The van der Waals surface area contributed by atoms with Gasteiger partial charge in [0, 0.05) is 24.6 Å². The van der Waals surface area contributed by atoms with Crippen LogP contribution in [0.3, 0.4) is 0 Å². The van der Waals surface area contributed by atoms with Crippen molar-refractivity contribution in [2.45, 2.75) is 51.2 Å². The number of benzene rings is 1. The molecule has 3 N–H and O–H groups in total. The van der Waals surface area contributed by atoms with E-state index in [9.17, 15) is 5.11 Å². The number of carboxylic acids is 1. The minimum atomic E-state index is -1.08. The number of carboxylic acid groups (broad SMARTS) is 1. The maximum absolute atomic E-state index is 11.5. The molecule has 1 saturated carbocycles. The third kappa shape index (κ3) is 8.20. The molecule has 1 aliphatic rings. The van der Waals surface area contributed by atoms with Crippen LogP contribution in [0.2, 0.25) is 0 Å². The summed E-state index contributed by atoms with van der Waals surface area (Å²) in [6, 6.07) is 7.78. The maximum Gasteiger partial charge on any atom is 2.00 e. The predicted molar refractivity (Wildman–Crippen MR) is 73.6 cm³/mol. The van der Waals surface area contributed by atoms with E-state index in [-0.39, 0.29) is 32.9 Å². The number of carbonyl (C=O) groups excluding carboxylic acids is 1. The molecule has 1 fully saturated rings. The average molecular weight is 473 g/mol. The van der Waals surface area contributed by atoms with E-state index in [2.05, 4.69) is 5.32 Å². The summed E-state index contributed by atoms with van der Waals surface area (Å²) < 4.78 is 0. The molecule has 2 rings (SSSR count). The molecule has 21 heavy (non-hydrogen) atoms. The van der Waals surface area contributed by atoms with Gasteiger partial charge in [-0.25, -0.2) is 0 Å². The van der Waals surface area contributed by atoms with Gasteiger partial charge < -0.3 is 26.1 Å².